The van der Waals surface area contributed by atoms with E-state index in [2.05, 4.69) is 5.32 Å². The van der Waals surface area contributed by atoms with Crippen molar-refractivity contribution >= 4 is 22.0 Å². The molecule has 0 aromatic carbocycles. The minimum absolute atomic E-state index is 0.00356. The SMILES string of the molecule is NS(=O)(=O)CC[C@@H]1NC(=O)NC1=O. The molecule has 4 N–H and O–H groups in total. The molecule has 0 aromatic heterocycles. The third-order valence-corrected chi connectivity index (χ3v) is 2.35. The van der Waals surface area contributed by atoms with Gasteiger partial charge in [0.1, 0.15) is 6.04 Å². The van der Waals surface area contributed by atoms with E-state index >= 15 is 0 Å². The standard InChI is InChI=1S/C5H9N3O4S/c6-13(11,12)2-1-3-4(9)8-5(10)7-3/h3H,1-2H2,(H2,6,11,12)(H2,7,8,9,10)/t3-/m0/s1. The van der Waals surface area contributed by atoms with Gasteiger partial charge in [-0.05, 0) is 6.42 Å². The van der Waals surface area contributed by atoms with Crippen LogP contribution < -0.4 is 15.8 Å². The number of urea groups is 1. The Labute approximate surface area is 74.7 Å². The Kier molecular flexibility index (Phi) is 2.52. The molecule has 0 saturated carbocycles. The van der Waals surface area contributed by atoms with Crippen LogP contribution in [0.1, 0.15) is 6.42 Å². The zero-order valence-electron chi connectivity index (χ0n) is 6.61. The summed E-state index contributed by atoms with van der Waals surface area (Å²) in [5.74, 6) is -0.848. The summed E-state index contributed by atoms with van der Waals surface area (Å²) < 4.78 is 21.0. The van der Waals surface area contributed by atoms with E-state index in [1.165, 1.54) is 0 Å². The highest BCUT2D eigenvalue weighted by molar-refractivity contribution is 7.89. The van der Waals surface area contributed by atoms with E-state index in [0.717, 1.165) is 0 Å². The van der Waals surface area contributed by atoms with Crippen LogP contribution in [-0.4, -0.2) is 32.2 Å². The molecule has 1 saturated heterocycles. The molecular formula is C5H9N3O4S. The van der Waals surface area contributed by atoms with E-state index in [-0.39, 0.29) is 12.2 Å². The number of primary sulfonamides is 1. The van der Waals surface area contributed by atoms with Crippen LogP contribution in [0.4, 0.5) is 4.79 Å². The highest BCUT2D eigenvalue weighted by atomic mass is 32.2. The van der Waals surface area contributed by atoms with E-state index in [0.29, 0.717) is 0 Å². The van der Waals surface area contributed by atoms with Crippen LogP contribution in [0.5, 0.6) is 0 Å². The fourth-order valence-electron chi connectivity index (χ4n) is 0.944. The molecule has 0 radical (unpaired) electrons. The zero-order valence-corrected chi connectivity index (χ0v) is 7.43. The van der Waals surface area contributed by atoms with Crippen LogP contribution in [0.2, 0.25) is 0 Å². The van der Waals surface area contributed by atoms with Gasteiger partial charge in [0, 0.05) is 0 Å². The predicted octanol–water partition coefficient (Wildman–Crippen LogP) is -2.13. The van der Waals surface area contributed by atoms with Crippen molar-refractivity contribution in [1.29, 1.82) is 0 Å². The summed E-state index contributed by atoms with van der Waals surface area (Å²) in [6.07, 6.45) is -0.00356. The molecule has 7 nitrogen and oxygen atoms in total. The number of nitrogens with one attached hydrogen (secondary N) is 2. The summed E-state index contributed by atoms with van der Waals surface area (Å²) >= 11 is 0. The topological polar surface area (TPSA) is 118 Å². The number of carbonyl (C=O) groups is 2. The Balaban J connectivity index is 2.47. The lowest BCUT2D eigenvalue weighted by molar-refractivity contribution is -0.120. The molecule has 1 heterocycles. The molecule has 0 aromatic rings. The number of hydrogen-bond acceptors (Lipinski definition) is 4. The number of amides is 3. The Morgan fingerprint density at radius 1 is 1.38 bits per heavy atom. The van der Waals surface area contributed by atoms with E-state index in [4.69, 9.17) is 5.14 Å². The molecule has 1 rings (SSSR count). The molecule has 0 spiro atoms. The van der Waals surface area contributed by atoms with Crippen molar-refractivity contribution in [3.63, 3.8) is 0 Å². The Hall–Kier alpha value is -1.15. The minimum atomic E-state index is -3.58. The van der Waals surface area contributed by atoms with Crippen molar-refractivity contribution in [2.75, 3.05) is 5.75 Å². The van der Waals surface area contributed by atoms with Gasteiger partial charge in [-0.25, -0.2) is 18.4 Å². The first kappa shape index (κ1) is 9.93. The van der Waals surface area contributed by atoms with Gasteiger partial charge in [0.05, 0.1) is 5.75 Å². The van der Waals surface area contributed by atoms with Crippen molar-refractivity contribution in [3.8, 4) is 0 Å². The van der Waals surface area contributed by atoms with Crippen LogP contribution in [0.3, 0.4) is 0 Å². The summed E-state index contributed by atoms with van der Waals surface area (Å²) in [4.78, 5) is 21.4. The fourth-order valence-corrected chi connectivity index (χ4v) is 1.51. The number of imide groups is 1. The second-order valence-electron chi connectivity index (χ2n) is 2.67. The molecule has 1 aliphatic rings. The van der Waals surface area contributed by atoms with Crippen LogP contribution >= 0.6 is 0 Å². The third kappa shape index (κ3) is 2.99. The van der Waals surface area contributed by atoms with E-state index < -0.39 is 28.0 Å². The van der Waals surface area contributed by atoms with Gasteiger partial charge in [-0.3, -0.25) is 10.1 Å². The first-order valence-corrected chi connectivity index (χ1v) is 5.22. The first-order chi connectivity index (χ1) is 5.88. The maximum absolute atomic E-state index is 10.9. The monoisotopic (exact) mass is 207 g/mol. The van der Waals surface area contributed by atoms with Crippen molar-refractivity contribution in [2.45, 2.75) is 12.5 Å². The maximum Gasteiger partial charge on any atom is 0.322 e. The van der Waals surface area contributed by atoms with Crippen molar-refractivity contribution in [3.05, 3.63) is 0 Å². The van der Waals surface area contributed by atoms with Crippen LogP contribution in [0.15, 0.2) is 0 Å². The van der Waals surface area contributed by atoms with Gasteiger partial charge in [-0.1, -0.05) is 0 Å². The molecule has 3 amide bonds. The second-order valence-corrected chi connectivity index (χ2v) is 4.40. The summed E-state index contributed by atoms with van der Waals surface area (Å²) in [5.41, 5.74) is 0. The summed E-state index contributed by atoms with van der Waals surface area (Å²) in [6.45, 7) is 0. The van der Waals surface area contributed by atoms with Crippen LogP contribution in [0.25, 0.3) is 0 Å². The Bertz CT molecular complexity index is 336. The average molecular weight is 207 g/mol. The molecule has 0 bridgehead atoms. The lowest BCUT2D eigenvalue weighted by Gasteiger charge is -2.04. The van der Waals surface area contributed by atoms with Crippen molar-refractivity contribution in [1.82, 2.24) is 10.6 Å². The van der Waals surface area contributed by atoms with Gasteiger partial charge in [0.2, 0.25) is 10.0 Å². The van der Waals surface area contributed by atoms with E-state index in [9.17, 15) is 18.0 Å². The zero-order chi connectivity index (χ0) is 10.1. The molecule has 1 aliphatic heterocycles. The molecule has 1 atom stereocenters. The maximum atomic E-state index is 10.9. The van der Waals surface area contributed by atoms with Gasteiger partial charge in [0.15, 0.2) is 0 Å². The van der Waals surface area contributed by atoms with Gasteiger partial charge in [-0.2, -0.15) is 0 Å². The number of hydrogen-bond donors (Lipinski definition) is 3. The Morgan fingerprint density at radius 3 is 2.38 bits per heavy atom. The fraction of sp³-hybridized carbons (Fsp3) is 0.600. The van der Waals surface area contributed by atoms with Crippen molar-refractivity contribution in [2.24, 2.45) is 5.14 Å². The van der Waals surface area contributed by atoms with E-state index in [1.807, 2.05) is 5.32 Å². The van der Waals surface area contributed by atoms with Gasteiger partial charge < -0.3 is 5.32 Å². The molecule has 74 valence electrons. The first-order valence-electron chi connectivity index (χ1n) is 3.50. The molecule has 1 fully saturated rings. The van der Waals surface area contributed by atoms with Crippen LogP contribution in [0, 0.1) is 0 Å². The Morgan fingerprint density at radius 2 is 2.00 bits per heavy atom. The molecule has 8 heteroatoms. The number of rotatable bonds is 3. The normalized spacial score (nSPS) is 22.7. The van der Waals surface area contributed by atoms with Crippen molar-refractivity contribution < 1.29 is 18.0 Å². The predicted molar refractivity (Wildman–Crippen MR) is 43.1 cm³/mol. The number of sulfonamides is 1. The average Bonchev–Trinajstić information content (AvgIpc) is 2.24. The molecular weight excluding hydrogens is 198 g/mol. The highest BCUT2D eigenvalue weighted by Crippen LogP contribution is 1.99. The second kappa shape index (κ2) is 3.30. The van der Waals surface area contributed by atoms with Gasteiger partial charge in [-0.15, -0.1) is 0 Å². The van der Waals surface area contributed by atoms with Crippen LogP contribution in [-0.2, 0) is 14.8 Å². The molecule has 0 aliphatic carbocycles. The number of carbonyl (C=O) groups excluding carboxylic acids is 2. The lowest BCUT2D eigenvalue weighted by atomic mass is 10.2. The highest BCUT2D eigenvalue weighted by Gasteiger charge is 2.29. The van der Waals surface area contributed by atoms with Gasteiger partial charge in [0.25, 0.3) is 5.91 Å². The smallest absolute Gasteiger partial charge is 0.322 e. The summed E-state index contributed by atoms with van der Waals surface area (Å²) in [5, 5.41) is 8.96. The third-order valence-electron chi connectivity index (χ3n) is 1.55. The summed E-state index contributed by atoms with van der Waals surface area (Å²) in [6, 6.07) is -1.39. The number of nitrogens with two attached hydrogens (primary N) is 1. The van der Waals surface area contributed by atoms with E-state index in [1.54, 1.807) is 0 Å². The largest absolute Gasteiger partial charge is 0.326 e. The molecule has 13 heavy (non-hydrogen) atoms. The summed E-state index contributed by atoms with van der Waals surface area (Å²) in [7, 11) is -3.58. The lowest BCUT2D eigenvalue weighted by Crippen LogP contribution is -2.32. The van der Waals surface area contributed by atoms with Gasteiger partial charge >= 0.3 is 6.03 Å². The molecule has 0 unspecified atom stereocenters. The minimum Gasteiger partial charge on any atom is -0.326 e. The quantitative estimate of drug-likeness (QED) is 0.458.